The number of carbonyl (C=O) groups is 1. The van der Waals surface area contributed by atoms with Gasteiger partial charge in [0.2, 0.25) is 0 Å². The van der Waals surface area contributed by atoms with Crippen LogP contribution in [0.5, 0.6) is 0 Å². The third kappa shape index (κ3) is 2.55. The van der Waals surface area contributed by atoms with Crippen molar-refractivity contribution in [2.24, 2.45) is 5.92 Å². The molecule has 1 aliphatic heterocycles. The van der Waals surface area contributed by atoms with Crippen LogP contribution in [0.25, 0.3) is 0 Å². The minimum Gasteiger partial charge on any atom is -0.465 e. The average molecular weight is 333 g/mol. The van der Waals surface area contributed by atoms with Gasteiger partial charge in [-0.1, -0.05) is 48.0 Å². The number of hydrogen-bond acceptors (Lipinski definition) is 3. The van der Waals surface area contributed by atoms with Crippen LogP contribution in [0.3, 0.4) is 0 Å². The van der Waals surface area contributed by atoms with E-state index in [4.69, 9.17) is 4.74 Å². The summed E-state index contributed by atoms with van der Waals surface area (Å²) in [4.78, 5) is 12.1. The molecule has 0 radical (unpaired) electrons. The first-order valence-electron chi connectivity index (χ1n) is 8.81. The van der Waals surface area contributed by atoms with Gasteiger partial charge < -0.3 is 10.1 Å². The molecule has 0 aromatic heterocycles. The summed E-state index contributed by atoms with van der Waals surface area (Å²) in [7, 11) is 1.43. The highest BCUT2D eigenvalue weighted by Gasteiger charge is 2.38. The molecule has 1 heterocycles. The molecule has 4 rings (SSSR count). The number of fused-ring (bicyclic) bond motifs is 3. The van der Waals surface area contributed by atoms with E-state index in [1.165, 1.54) is 23.8 Å². The molecule has 0 unspecified atom stereocenters. The van der Waals surface area contributed by atoms with Gasteiger partial charge in [0.25, 0.3) is 0 Å². The molecule has 0 bridgehead atoms. The first-order chi connectivity index (χ1) is 12.1. The standard InChI is InChI=1S/C22H23NO2/c1-13-7-9-15(10-8-13)21-18-6-4-5-17(18)19-12-11-16(22(24)25-3)14(2)20(19)23-21/h4-5,7-12,17-18,21,23H,6H2,1-3H3/t17-,18+,21+/m0/s1. The first kappa shape index (κ1) is 15.9. The zero-order chi connectivity index (χ0) is 17.6. The quantitative estimate of drug-likeness (QED) is 0.626. The van der Waals surface area contributed by atoms with E-state index in [2.05, 4.69) is 54.7 Å². The van der Waals surface area contributed by atoms with Crippen LogP contribution in [0.1, 0.15) is 51.0 Å². The highest BCUT2D eigenvalue weighted by molar-refractivity contribution is 5.93. The molecule has 25 heavy (non-hydrogen) atoms. The Hall–Kier alpha value is -2.55. The van der Waals surface area contributed by atoms with Crippen molar-refractivity contribution in [3.05, 3.63) is 76.4 Å². The molecule has 2 aliphatic rings. The second-order valence-electron chi connectivity index (χ2n) is 7.08. The van der Waals surface area contributed by atoms with Crippen LogP contribution in [0.15, 0.2) is 48.6 Å². The van der Waals surface area contributed by atoms with E-state index in [0.29, 0.717) is 17.4 Å². The van der Waals surface area contributed by atoms with Crippen LogP contribution in [0.4, 0.5) is 5.69 Å². The summed E-state index contributed by atoms with van der Waals surface area (Å²) in [5.41, 5.74) is 6.55. The summed E-state index contributed by atoms with van der Waals surface area (Å²) >= 11 is 0. The minimum atomic E-state index is -0.280. The molecule has 2 aromatic rings. The second-order valence-corrected chi connectivity index (χ2v) is 7.08. The largest absolute Gasteiger partial charge is 0.465 e. The molecule has 3 atom stereocenters. The molecule has 128 valence electrons. The zero-order valence-corrected chi connectivity index (χ0v) is 14.9. The lowest BCUT2D eigenvalue weighted by Crippen LogP contribution is -2.30. The van der Waals surface area contributed by atoms with Crippen molar-refractivity contribution < 1.29 is 9.53 Å². The maximum Gasteiger partial charge on any atom is 0.338 e. The SMILES string of the molecule is COC(=O)c1ccc2c(c1C)N[C@H](c1ccc(C)cc1)[C@@H]1CC=C[C@H]21. The Morgan fingerprint density at radius 2 is 1.88 bits per heavy atom. The number of anilines is 1. The molecule has 0 fully saturated rings. The number of esters is 1. The van der Waals surface area contributed by atoms with Gasteiger partial charge >= 0.3 is 5.97 Å². The Kier molecular flexibility index (Phi) is 3.87. The van der Waals surface area contributed by atoms with Crippen molar-refractivity contribution in [3.63, 3.8) is 0 Å². The third-order valence-electron chi connectivity index (χ3n) is 5.64. The number of benzene rings is 2. The lowest BCUT2D eigenvalue weighted by Gasteiger charge is -2.38. The molecule has 0 amide bonds. The summed E-state index contributed by atoms with van der Waals surface area (Å²) < 4.78 is 4.94. The van der Waals surface area contributed by atoms with E-state index in [1.54, 1.807) is 0 Å². The van der Waals surface area contributed by atoms with Crippen molar-refractivity contribution >= 4 is 11.7 Å². The molecule has 0 saturated carbocycles. The fourth-order valence-electron chi connectivity index (χ4n) is 4.25. The summed E-state index contributed by atoms with van der Waals surface area (Å²) in [6.45, 7) is 4.11. The van der Waals surface area contributed by atoms with Crippen LogP contribution in [0.2, 0.25) is 0 Å². The fraction of sp³-hybridized carbons (Fsp3) is 0.318. The predicted molar refractivity (Wildman–Crippen MR) is 100 cm³/mol. The Morgan fingerprint density at radius 3 is 2.60 bits per heavy atom. The number of rotatable bonds is 2. The van der Waals surface area contributed by atoms with Crippen LogP contribution in [-0.2, 0) is 4.74 Å². The van der Waals surface area contributed by atoms with E-state index in [9.17, 15) is 4.79 Å². The topological polar surface area (TPSA) is 38.3 Å². The number of hydrogen-bond donors (Lipinski definition) is 1. The smallest absolute Gasteiger partial charge is 0.338 e. The van der Waals surface area contributed by atoms with E-state index < -0.39 is 0 Å². The average Bonchev–Trinajstić information content (AvgIpc) is 3.12. The molecule has 3 heteroatoms. The summed E-state index contributed by atoms with van der Waals surface area (Å²) in [5.74, 6) is 0.629. The third-order valence-corrected chi connectivity index (χ3v) is 5.64. The van der Waals surface area contributed by atoms with Crippen LogP contribution in [-0.4, -0.2) is 13.1 Å². The van der Waals surface area contributed by atoms with Crippen molar-refractivity contribution in [1.29, 1.82) is 0 Å². The van der Waals surface area contributed by atoms with Gasteiger partial charge in [-0.15, -0.1) is 0 Å². The van der Waals surface area contributed by atoms with Gasteiger partial charge in [-0.2, -0.15) is 0 Å². The molecule has 1 N–H and O–H groups in total. The number of methoxy groups -OCH3 is 1. The molecule has 1 aliphatic carbocycles. The first-order valence-corrected chi connectivity index (χ1v) is 8.81. The van der Waals surface area contributed by atoms with E-state index in [1.807, 2.05) is 13.0 Å². The lowest BCUT2D eigenvalue weighted by atomic mass is 9.76. The second kappa shape index (κ2) is 6.07. The Labute approximate surface area is 148 Å². The molecular formula is C22H23NO2. The minimum absolute atomic E-state index is 0.250. The molecule has 0 spiro atoms. The van der Waals surface area contributed by atoms with E-state index >= 15 is 0 Å². The number of ether oxygens (including phenoxy) is 1. The Bertz CT molecular complexity index is 851. The van der Waals surface area contributed by atoms with Crippen LogP contribution >= 0.6 is 0 Å². The van der Waals surface area contributed by atoms with Gasteiger partial charge in [0.15, 0.2) is 0 Å². The van der Waals surface area contributed by atoms with Crippen molar-refractivity contribution in [2.75, 3.05) is 12.4 Å². The highest BCUT2D eigenvalue weighted by atomic mass is 16.5. The zero-order valence-electron chi connectivity index (χ0n) is 14.9. The van der Waals surface area contributed by atoms with Crippen molar-refractivity contribution in [3.8, 4) is 0 Å². The van der Waals surface area contributed by atoms with Crippen LogP contribution < -0.4 is 5.32 Å². The number of aryl methyl sites for hydroxylation is 1. The van der Waals surface area contributed by atoms with Gasteiger partial charge in [0.1, 0.15) is 0 Å². The van der Waals surface area contributed by atoms with Crippen LogP contribution in [0, 0.1) is 19.8 Å². The van der Waals surface area contributed by atoms with Gasteiger partial charge in [0.05, 0.1) is 18.7 Å². The van der Waals surface area contributed by atoms with Gasteiger partial charge in [-0.3, -0.25) is 0 Å². The predicted octanol–water partition coefficient (Wildman–Crippen LogP) is 4.92. The van der Waals surface area contributed by atoms with Crippen molar-refractivity contribution in [2.45, 2.75) is 32.2 Å². The maximum atomic E-state index is 12.1. The van der Waals surface area contributed by atoms with Crippen molar-refractivity contribution in [1.82, 2.24) is 0 Å². The number of nitrogens with one attached hydrogen (secondary N) is 1. The summed E-state index contributed by atoms with van der Waals surface area (Å²) in [6.07, 6.45) is 5.69. The van der Waals surface area contributed by atoms with Gasteiger partial charge in [0, 0.05) is 11.6 Å². The highest BCUT2D eigenvalue weighted by Crippen LogP contribution is 2.51. The number of allylic oxidation sites excluding steroid dienone is 2. The fourth-order valence-corrected chi connectivity index (χ4v) is 4.25. The molecule has 0 saturated heterocycles. The molecule has 3 nitrogen and oxygen atoms in total. The summed E-state index contributed by atoms with van der Waals surface area (Å²) in [6, 6.07) is 13.0. The Balaban J connectivity index is 1.81. The summed E-state index contributed by atoms with van der Waals surface area (Å²) in [5, 5.41) is 3.74. The van der Waals surface area contributed by atoms with E-state index in [-0.39, 0.29) is 12.0 Å². The van der Waals surface area contributed by atoms with E-state index in [0.717, 1.165) is 17.7 Å². The molecule has 2 aromatic carbocycles. The van der Waals surface area contributed by atoms with Gasteiger partial charge in [-0.25, -0.2) is 4.79 Å². The number of carbonyl (C=O) groups excluding carboxylic acids is 1. The van der Waals surface area contributed by atoms with Gasteiger partial charge in [-0.05, 0) is 48.9 Å². The maximum absolute atomic E-state index is 12.1. The molecular weight excluding hydrogens is 310 g/mol. The Morgan fingerprint density at radius 1 is 1.12 bits per heavy atom. The lowest BCUT2D eigenvalue weighted by molar-refractivity contribution is 0.0600. The monoisotopic (exact) mass is 333 g/mol. The normalized spacial score (nSPS) is 23.6.